The summed E-state index contributed by atoms with van der Waals surface area (Å²) in [5.41, 5.74) is 1.92. The van der Waals surface area contributed by atoms with Gasteiger partial charge in [-0.25, -0.2) is 8.42 Å². The third-order valence-corrected chi connectivity index (χ3v) is 7.98. The maximum atomic E-state index is 13.1. The van der Waals surface area contributed by atoms with Crippen LogP contribution in [0.15, 0.2) is 18.2 Å². The van der Waals surface area contributed by atoms with Crippen LogP contribution in [-0.4, -0.2) is 48.5 Å². The molecule has 1 amide bonds. The molecular formula is C23H34N2O4S. The van der Waals surface area contributed by atoms with Gasteiger partial charge in [-0.3, -0.25) is 4.79 Å². The standard InChI is InChI=1S/C23H34N2O4S/c1-17-16-29-22-11-8-19(14-25(21-9-10-21)30(2,27)28)12-20(22)15-24(17)23(26)13-18-6-4-3-5-7-18/h8,11-12,17-18,21H,3-7,9-10,13-16H2,1-2H3. The van der Waals surface area contributed by atoms with Crippen LogP contribution in [0, 0.1) is 5.92 Å². The third kappa shape index (κ3) is 5.17. The van der Waals surface area contributed by atoms with Crippen LogP contribution < -0.4 is 4.74 Å². The monoisotopic (exact) mass is 434 g/mol. The largest absolute Gasteiger partial charge is 0.491 e. The van der Waals surface area contributed by atoms with Crippen LogP contribution in [0.2, 0.25) is 0 Å². The van der Waals surface area contributed by atoms with E-state index in [0.717, 1.165) is 42.6 Å². The summed E-state index contributed by atoms with van der Waals surface area (Å²) < 4.78 is 32.0. The summed E-state index contributed by atoms with van der Waals surface area (Å²) >= 11 is 0. The first-order valence-electron chi connectivity index (χ1n) is 11.3. The van der Waals surface area contributed by atoms with Crippen molar-refractivity contribution in [3.8, 4) is 5.75 Å². The first-order chi connectivity index (χ1) is 14.3. The van der Waals surface area contributed by atoms with Gasteiger partial charge in [0.25, 0.3) is 0 Å². The average Bonchev–Trinajstić information content (AvgIpc) is 3.54. The molecule has 7 heteroatoms. The molecule has 2 saturated carbocycles. The van der Waals surface area contributed by atoms with Crippen molar-refractivity contribution in [2.45, 2.75) is 83.5 Å². The summed E-state index contributed by atoms with van der Waals surface area (Å²) in [4.78, 5) is 15.1. The van der Waals surface area contributed by atoms with Crippen molar-refractivity contribution in [2.24, 2.45) is 5.92 Å². The summed E-state index contributed by atoms with van der Waals surface area (Å²) in [5, 5.41) is 0. The van der Waals surface area contributed by atoms with E-state index in [9.17, 15) is 13.2 Å². The number of carbonyl (C=O) groups excluding carboxylic acids is 1. The summed E-state index contributed by atoms with van der Waals surface area (Å²) in [6, 6.07) is 6.05. The molecule has 1 unspecified atom stereocenters. The van der Waals surface area contributed by atoms with Gasteiger partial charge in [0.05, 0.1) is 12.3 Å². The quantitative estimate of drug-likeness (QED) is 0.685. The number of hydrogen-bond donors (Lipinski definition) is 0. The first-order valence-corrected chi connectivity index (χ1v) is 13.2. The van der Waals surface area contributed by atoms with E-state index >= 15 is 0 Å². The summed E-state index contributed by atoms with van der Waals surface area (Å²) in [7, 11) is -3.24. The van der Waals surface area contributed by atoms with Crippen LogP contribution >= 0.6 is 0 Å². The second-order valence-corrected chi connectivity index (χ2v) is 11.3. The van der Waals surface area contributed by atoms with E-state index < -0.39 is 10.0 Å². The van der Waals surface area contributed by atoms with Crippen LogP contribution in [-0.2, 0) is 27.9 Å². The topological polar surface area (TPSA) is 66.9 Å². The highest BCUT2D eigenvalue weighted by Crippen LogP contribution is 2.33. The number of sulfonamides is 1. The van der Waals surface area contributed by atoms with E-state index in [0.29, 0.717) is 32.0 Å². The fourth-order valence-electron chi connectivity index (χ4n) is 4.78. The van der Waals surface area contributed by atoms with Gasteiger partial charge in [0.15, 0.2) is 0 Å². The normalized spacial score (nSPS) is 23.0. The van der Waals surface area contributed by atoms with Gasteiger partial charge in [-0.2, -0.15) is 4.31 Å². The molecule has 1 heterocycles. The van der Waals surface area contributed by atoms with Crippen LogP contribution in [0.5, 0.6) is 5.75 Å². The highest BCUT2D eigenvalue weighted by molar-refractivity contribution is 7.88. The van der Waals surface area contributed by atoms with Gasteiger partial charge in [-0.05, 0) is 56.2 Å². The Balaban J connectivity index is 1.49. The van der Waals surface area contributed by atoms with Crippen LogP contribution in [0.3, 0.4) is 0 Å². The zero-order valence-corrected chi connectivity index (χ0v) is 19.0. The molecule has 1 aromatic carbocycles. The fourth-order valence-corrected chi connectivity index (χ4v) is 5.92. The zero-order valence-electron chi connectivity index (χ0n) is 18.2. The van der Waals surface area contributed by atoms with E-state index in [1.807, 2.05) is 30.0 Å². The van der Waals surface area contributed by atoms with Crippen molar-refractivity contribution in [1.29, 1.82) is 0 Å². The SMILES string of the molecule is CC1COc2ccc(CN(C3CC3)S(C)(=O)=O)cc2CN1C(=O)CC1CCCCC1. The van der Waals surface area contributed by atoms with Crippen molar-refractivity contribution >= 4 is 15.9 Å². The maximum absolute atomic E-state index is 13.1. The van der Waals surface area contributed by atoms with Crippen molar-refractivity contribution < 1.29 is 17.9 Å². The second kappa shape index (κ2) is 8.87. The molecule has 2 aliphatic carbocycles. The molecule has 2 fully saturated rings. The zero-order chi connectivity index (χ0) is 21.3. The first kappa shape index (κ1) is 21.6. The minimum absolute atomic E-state index is 0.0240. The third-order valence-electron chi connectivity index (χ3n) is 6.70. The van der Waals surface area contributed by atoms with E-state index in [1.54, 1.807) is 4.31 Å². The lowest BCUT2D eigenvalue weighted by Crippen LogP contribution is -2.40. The van der Waals surface area contributed by atoms with Gasteiger partial charge < -0.3 is 9.64 Å². The average molecular weight is 435 g/mol. The lowest BCUT2D eigenvalue weighted by Gasteiger charge is -2.29. The molecule has 1 aliphatic heterocycles. The molecule has 0 N–H and O–H groups in total. The maximum Gasteiger partial charge on any atom is 0.223 e. The number of benzene rings is 1. The Morgan fingerprint density at radius 2 is 1.90 bits per heavy atom. The van der Waals surface area contributed by atoms with Gasteiger partial charge in [0.1, 0.15) is 12.4 Å². The molecule has 0 aromatic heterocycles. The summed E-state index contributed by atoms with van der Waals surface area (Å²) in [5.74, 6) is 1.53. The van der Waals surface area contributed by atoms with Crippen LogP contribution in [0.25, 0.3) is 0 Å². The number of rotatable bonds is 6. The molecule has 0 spiro atoms. The molecular weight excluding hydrogens is 400 g/mol. The van der Waals surface area contributed by atoms with Gasteiger partial charge in [0, 0.05) is 31.1 Å². The predicted molar refractivity (Wildman–Crippen MR) is 117 cm³/mol. The van der Waals surface area contributed by atoms with Crippen LogP contribution in [0.4, 0.5) is 0 Å². The lowest BCUT2D eigenvalue weighted by atomic mass is 9.86. The smallest absolute Gasteiger partial charge is 0.223 e. The Bertz CT molecular complexity index is 875. The molecule has 0 radical (unpaired) electrons. The molecule has 1 atom stereocenters. The second-order valence-electron chi connectivity index (χ2n) is 9.37. The Hall–Kier alpha value is -1.60. The summed E-state index contributed by atoms with van der Waals surface area (Å²) in [6.45, 7) is 3.44. The molecule has 6 nitrogen and oxygen atoms in total. The number of fused-ring (bicyclic) bond motifs is 1. The molecule has 3 aliphatic rings. The number of nitrogens with zero attached hydrogens (tertiary/aromatic N) is 2. The number of ether oxygens (including phenoxy) is 1. The Kier molecular flexibility index (Phi) is 6.39. The minimum atomic E-state index is -3.24. The minimum Gasteiger partial charge on any atom is -0.491 e. The Morgan fingerprint density at radius 1 is 1.17 bits per heavy atom. The molecule has 0 saturated heterocycles. The number of hydrogen-bond acceptors (Lipinski definition) is 4. The van der Waals surface area contributed by atoms with Gasteiger partial charge in [-0.1, -0.05) is 25.3 Å². The Labute approximate surface area is 180 Å². The van der Waals surface area contributed by atoms with Crippen LogP contribution in [0.1, 0.15) is 69.4 Å². The lowest BCUT2D eigenvalue weighted by molar-refractivity contribution is -0.135. The van der Waals surface area contributed by atoms with Crippen molar-refractivity contribution in [3.63, 3.8) is 0 Å². The number of amides is 1. The van der Waals surface area contributed by atoms with Gasteiger partial charge in [0.2, 0.25) is 15.9 Å². The molecule has 4 rings (SSSR count). The number of carbonyl (C=O) groups is 1. The van der Waals surface area contributed by atoms with Crippen molar-refractivity contribution in [3.05, 3.63) is 29.3 Å². The highest BCUT2D eigenvalue weighted by atomic mass is 32.2. The van der Waals surface area contributed by atoms with Gasteiger partial charge >= 0.3 is 0 Å². The Morgan fingerprint density at radius 3 is 2.57 bits per heavy atom. The molecule has 30 heavy (non-hydrogen) atoms. The van der Waals surface area contributed by atoms with Crippen molar-refractivity contribution in [2.75, 3.05) is 12.9 Å². The fraction of sp³-hybridized carbons (Fsp3) is 0.696. The molecule has 166 valence electrons. The highest BCUT2D eigenvalue weighted by Gasteiger charge is 2.35. The van der Waals surface area contributed by atoms with E-state index in [4.69, 9.17) is 4.74 Å². The summed E-state index contributed by atoms with van der Waals surface area (Å²) in [6.07, 6.45) is 9.86. The molecule has 1 aromatic rings. The van der Waals surface area contributed by atoms with Gasteiger partial charge in [-0.15, -0.1) is 0 Å². The van der Waals surface area contributed by atoms with E-state index in [2.05, 4.69) is 0 Å². The molecule has 0 bridgehead atoms. The van der Waals surface area contributed by atoms with E-state index in [-0.39, 0.29) is 18.0 Å². The van der Waals surface area contributed by atoms with Crippen molar-refractivity contribution in [1.82, 2.24) is 9.21 Å². The predicted octanol–water partition coefficient (Wildman–Crippen LogP) is 3.69. The van der Waals surface area contributed by atoms with E-state index in [1.165, 1.54) is 25.5 Å².